The number of hydrogen-bond donors (Lipinski definition) is 1. The fraction of sp³-hybridized carbons (Fsp3) is 1.00. The van der Waals surface area contributed by atoms with E-state index in [9.17, 15) is 0 Å². The lowest BCUT2D eigenvalue weighted by molar-refractivity contribution is 0.0360. The summed E-state index contributed by atoms with van der Waals surface area (Å²) in [5.41, 5.74) is 0. The summed E-state index contributed by atoms with van der Waals surface area (Å²) >= 11 is 0. The van der Waals surface area contributed by atoms with Crippen LogP contribution in [0.4, 0.5) is 0 Å². The number of hydrogen-bond acceptors (Lipinski definition) is 8. The van der Waals surface area contributed by atoms with E-state index in [2.05, 4.69) is 87.4 Å². The maximum Gasteiger partial charge on any atom is 0.0596 e. The van der Waals surface area contributed by atoms with Crippen molar-refractivity contribution in [2.75, 3.05) is 113 Å². The van der Waals surface area contributed by atoms with E-state index in [1.807, 2.05) is 14.1 Å². The van der Waals surface area contributed by atoms with Gasteiger partial charge in [-0.3, -0.25) is 4.90 Å². The fourth-order valence-corrected chi connectivity index (χ4v) is 4.94. The first-order chi connectivity index (χ1) is 20.9. The second kappa shape index (κ2) is 28.9. The van der Waals surface area contributed by atoms with Crippen LogP contribution >= 0.6 is 0 Å². The molecule has 0 amide bonds. The number of piperidine rings is 1. The Kier molecular flexibility index (Phi) is 28.7. The average molecular weight is 630 g/mol. The zero-order valence-electron chi connectivity index (χ0n) is 31.5. The van der Waals surface area contributed by atoms with Gasteiger partial charge >= 0.3 is 0 Å². The highest BCUT2D eigenvalue weighted by molar-refractivity contribution is 4.69. The molecule has 0 radical (unpaired) electrons. The molecule has 1 N–H and O–H groups in total. The number of nitrogens with zero attached hydrogens (tertiary/aromatic N) is 4. The molecule has 3 fully saturated rings. The molecule has 3 rings (SSSR count). The van der Waals surface area contributed by atoms with E-state index < -0.39 is 0 Å². The zero-order valence-corrected chi connectivity index (χ0v) is 31.5. The Morgan fingerprint density at radius 3 is 1.77 bits per heavy atom. The van der Waals surface area contributed by atoms with Crippen LogP contribution in [0.2, 0.25) is 0 Å². The quantitative estimate of drug-likeness (QED) is 0.253. The van der Waals surface area contributed by atoms with Crippen molar-refractivity contribution in [1.82, 2.24) is 24.9 Å². The Labute approximate surface area is 275 Å². The van der Waals surface area contributed by atoms with Gasteiger partial charge in [-0.25, -0.2) is 0 Å². The molecule has 3 aliphatic rings. The summed E-state index contributed by atoms with van der Waals surface area (Å²) in [4.78, 5) is 9.59. The van der Waals surface area contributed by atoms with Crippen LogP contribution in [0.5, 0.6) is 0 Å². The van der Waals surface area contributed by atoms with Crippen LogP contribution in [0.3, 0.4) is 0 Å². The smallest absolute Gasteiger partial charge is 0.0596 e. The van der Waals surface area contributed by atoms with E-state index in [1.54, 1.807) is 0 Å². The summed E-state index contributed by atoms with van der Waals surface area (Å²) in [5, 5.41) is 3.37. The van der Waals surface area contributed by atoms with Crippen molar-refractivity contribution >= 4 is 0 Å². The van der Waals surface area contributed by atoms with Gasteiger partial charge in [0.2, 0.25) is 0 Å². The number of nitrogens with one attached hydrogen (secondary N) is 1. The van der Waals surface area contributed by atoms with Gasteiger partial charge in [0.15, 0.2) is 0 Å². The van der Waals surface area contributed by atoms with Crippen LogP contribution in [0, 0.1) is 11.8 Å². The molecule has 44 heavy (non-hydrogen) atoms. The molecule has 0 spiro atoms. The minimum Gasteiger partial charge on any atom is -0.379 e. The van der Waals surface area contributed by atoms with Gasteiger partial charge in [-0.2, -0.15) is 0 Å². The van der Waals surface area contributed by atoms with Gasteiger partial charge in [0, 0.05) is 45.4 Å². The first kappa shape index (κ1) is 43.7. The predicted molar refractivity (Wildman–Crippen MR) is 191 cm³/mol. The van der Waals surface area contributed by atoms with E-state index in [0.717, 1.165) is 57.9 Å². The molecule has 8 heteroatoms. The van der Waals surface area contributed by atoms with Crippen LogP contribution in [0.15, 0.2) is 0 Å². The Morgan fingerprint density at radius 2 is 1.27 bits per heavy atom. The molecule has 0 aliphatic carbocycles. The molecular weight excluding hydrogens is 550 g/mol. The minimum absolute atomic E-state index is 0.366. The van der Waals surface area contributed by atoms with E-state index in [-0.39, 0.29) is 0 Å². The molecule has 0 aromatic carbocycles. The minimum atomic E-state index is 0.366. The molecule has 3 heterocycles. The largest absolute Gasteiger partial charge is 0.379 e. The third-order valence-corrected chi connectivity index (χ3v) is 8.40. The molecule has 8 nitrogen and oxygen atoms in total. The Morgan fingerprint density at radius 1 is 0.727 bits per heavy atom. The molecule has 3 saturated heterocycles. The molecule has 0 unspecified atom stereocenters. The lowest BCUT2D eigenvalue weighted by atomic mass is 9.95. The van der Waals surface area contributed by atoms with Crippen molar-refractivity contribution < 1.29 is 14.2 Å². The summed E-state index contributed by atoms with van der Waals surface area (Å²) < 4.78 is 16.1. The highest BCUT2D eigenvalue weighted by Gasteiger charge is 2.13. The zero-order chi connectivity index (χ0) is 33.2. The maximum absolute atomic E-state index is 5.52. The monoisotopic (exact) mass is 630 g/mol. The van der Waals surface area contributed by atoms with Crippen molar-refractivity contribution in [2.24, 2.45) is 11.8 Å². The Bertz CT molecular complexity index is 578. The van der Waals surface area contributed by atoms with Crippen molar-refractivity contribution in [3.63, 3.8) is 0 Å². The van der Waals surface area contributed by atoms with Crippen LogP contribution < -0.4 is 5.32 Å². The van der Waals surface area contributed by atoms with Crippen LogP contribution in [0.1, 0.15) is 93.9 Å². The second-order valence-corrected chi connectivity index (χ2v) is 14.4. The fourth-order valence-electron chi connectivity index (χ4n) is 4.94. The van der Waals surface area contributed by atoms with Crippen LogP contribution in [-0.4, -0.2) is 151 Å². The molecular formula is C36H79N5O3. The highest BCUT2D eigenvalue weighted by Crippen LogP contribution is 2.15. The SMILES string of the molecule is CC(C)CCN1CCOCC1.CC(C)N(C)CCN1CCCC1.CC(C)OCCC1CCNCC1.CC(C)OCCN(C)C. The lowest BCUT2D eigenvalue weighted by Crippen LogP contribution is -2.37. The summed E-state index contributed by atoms with van der Waals surface area (Å²) in [6, 6.07) is 0.688. The number of morpholine rings is 1. The molecule has 0 atom stereocenters. The first-order valence-corrected chi connectivity index (χ1v) is 18.2. The topological polar surface area (TPSA) is 52.7 Å². The molecule has 0 bridgehead atoms. The second-order valence-electron chi connectivity index (χ2n) is 14.4. The summed E-state index contributed by atoms with van der Waals surface area (Å²) in [5.74, 6) is 1.74. The standard InChI is InChI=1S/C10H22N2.C10H21NO.C9H19NO.C7H17NO/c1-10(2)11(3)8-9-12-6-4-5-7-12;1-9(2)12-8-5-10-3-6-11-7-4-10;1-9(2)3-4-10-5-7-11-8-6-10;1-7(2)9-6-5-8(3)4/h10H,4-9H2,1-3H3;9-11H,3-8H2,1-2H3;9H,3-8H2,1-2H3;7H,5-6H2,1-4H3. The van der Waals surface area contributed by atoms with Crippen molar-refractivity contribution in [2.45, 2.75) is 112 Å². The van der Waals surface area contributed by atoms with Crippen LogP contribution in [0.25, 0.3) is 0 Å². The first-order valence-electron chi connectivity index (χ1n) is 18.2. The van der Waals surface area contributed by atoms with Gasteiger partial charge < -0.3 is 34.2 Å². The average Bonchev–Trinajstić information content (AvgIpc) is 3.50. The van der Waals surface area contributed by atoms with Crippen LogP contribution in [-0.2, 0) is 14.2 Å². The summed E-state index contributed by atoms with van der Waals surface area (Å²) in [6.45, 7) is 33.1. The van der Waals surface area contributed by atoms with Gasteiger partial charge in [0.05, 0.1) is 32.0 Å². The van der Waals surface area contributed by atoms with Gasteiger partial charge in [0.1, 0.15) is 0 Å². The number of rotatable bonds is 15. The lowest BCUT2D eigenvalue weighted by Gasteiger charge is -2.26. The highest BCUT2D eigenvalue weighted by atomic mass is 16.5. The third-order valence-electron chi connectivity index (χ3n) is 8.40. The summed E-state index contributed by atoms with van der Waals surface area (Å²) in [7, 11) is 6.30. The van der Waals surface area contributed by atoms with Crippen molar-refractivity contribution in [3.8, 4) is 0 Å². The molecule has 0 saturated carbocycles. The van der Waals surface area contributed by atoms with Gasteiger partial charge in [-0.1, -0.05) is 13.8 Å². The Balaban J connectivity index is 0.000000564. The molecule has 0 aromatic rings. The predicted octanol–water partition coefficient (Wildman–Crippen LogP) is 5.56. The normalized spacial score (nSPS) is 18.5. The van der Waals surface area contributed by atoms with Crippen molar-refractivity contribution in [3.05, 3.63) is 0 Å². The summed E-state index contributed by atoms with van der Waals surface area (Å²) in [6.07, 6.45) is 8.82. The molecule has 266 valence electrons. The number of ether oxygens (including phenoxy) is 3. The number of likely N-dealkylation sites (N-methyl/N-ethyl adjacent to an activating group) is 2. The van der Waals surface area contributed by atoms with E-state index in [0.29, 0.717) is 18.2 Å². The molecule has 3 aliphatic heterocycles. The van der Waals surface area contributed by atoms with E-state index in [4.69, 9.17) is 14.2 Å². The third kappa shape index (κ3) is 29.1. The van der Waals surface area contributed by atoms with Gasteiger partial charge in [-0.05, 0) is 146 Å². The Hall–Kier alpha value is -0.320. The van der Waals surface area contributed by atoms with Crippen molar-refractivity contribution in [1.29, 1.82) is 0 Å². The van der Waals surface area contributed by atoms with Gasteiger partial charge in [-0.15, -0.1) is 0 Å². The van der Waals surface area contributed by atoms with Gasteiger partial charge in [0.25, 0.3) is 0 Å². The van der Waals surface area contributed by atoms with E-state index in [1.165, 1.54) is 84.3 Å². The van der Waals surface area contributed by atoms with E-state index >= 15 is 0 Å². The number of likely N-dealkylation sites (tertiary alicyclic amines) is 1. The molecule has 0 aromatic heterocycles. The maximum atomic E-state index is 5.52.